The second kappa shape index (κ2) is 5.56. The zero-order valence-electron chi connectivity index (χ0n) is 12.2. The molecule has 0 aromatic carbocycles. The Morgan fingerprint density at radius 2 is 2.30 bits per heavy atom. The largest absolute Gasteiger partial charge is 0.375 e. The number of likely N-dealkylation sites (tertiary alicyclic amines) is 1. The van der Waals surface area contributed by atoms with Crippen molar-refractivity contribution in [1.29, 1.82) is 0 Å². The van der Waals surface area contributed by atoms with Crippen molar-refractivity contribution in [3.8, 4) is 0 Å². The van der Waals surface area contributed by atoms with Gasteiger partial charge in [-0.1, -0.05) is 0 Å². The zero-order valence-corrected chi connectivity index (χ0v) is 12.2. The van der Waals surface area contributed by atoms with Gasteiger partial charge in [0.1, 0.15) is 5.82 Å². The number of hydrogen-bond acceptors (Lipinski definition) is 3. The monoisotopic (exact) mass is 277 g/mol. The smallest absolute Gasteiger partial charge is 0.223 e. The highest BCUT2D eigenvalue weighted by molar-refractivity contribution is 5.76. The van der Waals surface area contributed by atoms with Crippen molar-refractivity contribution in [2.45, 2.75) is 57.7 Å². The first-order chi connectivity index (χ1) is 9.72. The number of hydrogen-bond donors (Lipinski definition) is 0. The van der Waals surface area contributed by atoms with Crippen LogP contribution in [0.1, 0.15) is 44.9 Å². The van der Waals surface area contributed by atoms with Crippen molar-refractivity contribution in [1.82, 2.24) is 14.5 Å². The summed E-state index contributed by atoms with van der Waals surface area (Å²) in [6.45, 7) is 5.25. The highest BCUT2D eigenvalue weighted by atomic mass is 16.5. The molecule has 0 aliphatic carbocycles. The lowest BCUT2D eigenvalue weighted by Crippen LogP contribution is -2.32. The van der Waals surface area contributed by atoms with E-state index in [1.165, 1.54) is 0 Å². The van der Waals surface area contributed by atoms with E-state index in [0.717, 1.165) is 51.2 Å². The van der Waals surface area contributed by atoms with Crippen LogP contribution in [0.25, 0.3) is 0 Å². The number of rotatable bonds is 3. The standard InChI is InChI=1S/C15H23N3O2/c1-2-17-10-8-16-13(17)12-18-9-7-15(5-3-11-20-15)6-4-14(18)19/h8,10H,2-7,9,11-12H2,1H3/t15-/m1/s1. The van der Waals surface area contributed by atoms with Gasteiger partial charge in [-0.25, -0.2) is 4.98 Å². The van der Waals surface area contributed by atoms with E-state index in [1.54, 1.807) is 0 Å². The minimum Gasteiger partial charge on any atom is -0.375 e. The van der Waals surface area contributed by atoms with E-state index in [1.807, 2.05) is 17.3 Å². The van der Waals surface area contributed by atoms with Crippen LogP contribution >= 0.6 is 0 Å². The molecule has 1 aromatic rings. The maximum atomic E-state index is 12.3. The van der Waals surface area contributed by atoms with Gasteiger partial charge in [0.2, 0.25) is 5.91 Å². The lowest BCUT2D eigenvalue weighted by atomic mass is 9.92. The van der Waals surface area contributed by atoms with E-state index in [4.69, 9.17) is 4.74 Å². The predicted octanol–water partition coefficient (Wildman–Crippen LogP) is 1.96. The van der Waals surface area contributed by atoms with Gasteiger partial charge < -0.3 is 14.2 Å². The molecular weight excluding hydrogens is 254 g/mol. The van der Waals surface area contributed by atoms with Gasteiger partial charge in [-0.15, -0.1) is 0 Å². The van der Waals surface area contributed by atoms with E-state index in [-0.39, 0.29) is 11.5 Å². The van der Waals surface area contributed by atoms with Crippen LogP contribution in [-0.4, -0.2) is 39.1 Å². The molecule has 2 fully saturated rings. The second-order valence-electron chi connectivity index (χ2n) is 5.83. The topological polar surface area (TPSA) is 47.4 Å². The molecule has 1 atom stereocenters. The Bertz CT molecular complexity index is 477. The van der Waals surface area contributed by atoms with Crippen molar-refractivity contribution in [2.75, 3.05) is 13.2 Å². The number of carbonyl (C=O) groups is 1. The number of carbonyl (C=O) groups excluding carboxylic acids is 1. The summed E-state index contributed by atoms with van der Waals surface area (Å²) in [6.07, 6.45) is 8.47. The van der Waals surface area contributed by atoms with Gasteiger partial charge in [-0.2, -0.15) is 0 Å². The van der Waals surface area contributed by atoms with Crippen molar-refractivity contribution < 1.29 is 9.53 Å². The predicted molar refractivity (Wildman–Crippen MR) is 75.1 cm³/mol. The summed E-state index contributed by atoms with van der Waals surface area (Å²) in [4.78, 5) is 18.6. The Morgan fingerprint density at radius 3 is 3.05 bits per heavy atom. The van der Waals surface area contributed by atoms with Gasteiger partial charge in [0.15, 0.2) is 0 Å². The average Bonchev–Trinajstić information content (AvgIpc) is 3.07. The minimum absolute atomic E-state index is 0.0232. The van der Waals surface area contributed by atoms with Gasteiger partial charge in [-0.05, 0) is 32.6 Å². The Balaban J connectivity index is 1.69. The molecule has 0 saturated carbocycles. The number of aromatic nitrogens is 2. The van der Waals surface area contributed by atoms with Crippen LogP contribution in [0.15, 0.2) is 12.4 Å². The van der Waals surface area contributed by atoms with E-state index >= 15 is 0 Å². The number of imidazole rings is 1. The molecule has 5 nitrogen and oxygen atoms in total. The highest BCUT2D eigenvalue weighted by Gasteiger charge is 2.38. The van der Waals surface area contributed by atoms with Crippen LogP contribution in [0.3, 0.4) is 0 Å². The summed E-state index contributed by atoms with van der Waals surface area (Å²) in [6, 6.07) is 0. The lowest BCUT2D eigenvalue weighted by molar-refractivity contribution is -0.131. The molecule has 1 amide bonds. The van der Waals surface area contributed by atoms with E-state index in [0.29, 0.717) is 13.0 Å². The Labute approximate surface area is 119 Å². The molecule has 2 saturated heterocycles. The van der Waals surface area contributed by atoms with Crippen LogP contribution < -0.4 is 0 Å². The summed E-state index contributed by atoms with van der Waals surface area (Å²) in [7, 11) is 0. The maximum absolute atomic E-state index is 12.3. The SMILES string of the molecule is CCn1ccnc1CN1CC[C@@]2(CCCO2)CCC1=O. The van der Waals surface area contributed by atoms with Gasteiger partial charge in [0, 0.05) is 38.5 Å². The Kier molecular flexibility index (Phi) is 3.78. The van der Waals surface area contributed by atoms with E-state index in [9.17, 15) is 4.79 Å². The molecular formula is C15H23N3O2. The van der Waals surface area contributed by atoms with Gasteiger partial charge in [-0.3, -0.25) is 4.79 Å². The Hall–Kier alpha value is -1.36. The summed E-state index contributed by atoms with van der Waals surface area (Å²) < 4.78 is 8.04. The summed E-state index contributed by atoms with van der Waals surface area (Å²) in [5.74, 6) is 1.21. The molecule has 2 aliphatic rings. The van der Waals surface area contributed by atoms with Gasteiger partial charge >= 0.3 is 0 Å². The molecule has 0 radical (unpaired) electrons. The maximum Gasteiger partial charge on any atom is 0.223 e. The third-order valence-corrected chi connectivity index (χ3v) is 4.64. The molecule has 0 unspecified atom stereocenters. The van der Waals surface area contributed by atoms with Crippen LogP contribution in [0, 0.1) is 0 Å². The van der Waals surface area contributed by atoms with Crippen LogP contribution in [-0.2, 0) is 22.6 Å². The lowest BCUT2D eigenvalue weighted by Gasteiger charge is -2.26. The summed E-state index contributed by atoms with van der Waals surface area (Å²) in [5.41, 5.74) is -0.0232. The second-order valence-corrected chi connectivity index (χ2v) is 5.83. The number of amides is 1. The van der Waals surface area contributed by atoms with Gasteiger partial charge in [0.25, 0.3) is 0 Å². The summed E-state index contributed by atoms with van der Waals surface area (Å²) in [5, 5.41) is 0. The fourth-order valence-corrected chi connectivity index (χ4v) is 3.35. The highest BCUT2D eigenvalue weighted by Crippen LogP contribution is 2.36. The first-order valence-electron chi connectivity index (χ1n) is 7.64. The molecule has 1 aromatic heterocycles. The third-order valence-electron chi connectivity index (χ3n) is 4.64. The van der Waals surface area contributed by atoms with Crippen LogP contribution in [0.2, 0.25) is 0 Å². The zero-order chi connectivity index (χ0) is 14.0. The number of nitrogens with zero attached hydrogens (tertiary/aromatic N) is 3. The Morgan fingerprint density at radius 1 is 1.40 bits per heavy atom. The first kappa shape index (κ1) is 13.6. The molecule has 0 bridgehead atoms. The number of ether oxygens (including phenoxy) is 1. The van der Waals surface area contributed by atoms with E-state index < -0.39 is 0 Å². The van der Waals surface area contributed by atoms with Crippen LogP contribution in [0.5, 0.6) is 0 Å². The normalized spacial score (nSPS) is 27.2. The molecule has 110 valence electrons. The van der Waals surface area contributed by atoms with Crippen LogP contribution in [0.4, 0.5) is 0 Å². The van der Waals surface area contributed by atoms with E-state index in [2.05, 4.69) is 16.5 Å². The molecule has 3 rings (SSSR count). The molecule has 1 spiro atoms. The quantitative estimate of drug-likeness (QED) is 0.848. The van der Waals surface area contributed by atoms with Crippen molar-refractivity contribution in [3.63, 3.8) is 0 Å². The fourth-order valence-electron chi connectivity index (χ4n) is 3.35. The molecule has 5 heteroatoms. The van der Waals surface area contributed by atoms with Crippen molar-refractivity contribution in [2.24, 2.45) is 0 Å². The van der Waals surface area contributed by atoms with Crippen molar-refractivity contribution in [3.05, 3.63) is 18.2 Å². The minimum atomic E-state index is -0.0232. The average molecular weight is 277 g/mol. The summed E-state index contributed by atoms with van der Waals surface area (Å²) >= 11 is 0. The molecule has 3 heterocycles. The molecule has 0 N–H and O–H groups in total. The molecule has 2 aliphatic heterocycles. The molecule has 20 heavy (non-hydrogen) atoms. The number of aryl methyl sites for hydroxylation is 1. The third kappa shape index (κ3) is 2.59. The first-order valence-corrected chi connectivity index (χ1v) is 7.64. The fraction of sp³-hybridized carbons (Fsp3) is 0.733. The van der Waals surface area contributed by atoms with Gasteiger partial charge in [0.05, 0.1) is 12.1 Å². The van der Waals surface area contributed by atoms with Crippen molar-refractivity contribution >= 4 is 5.91 Å².